The number of rotatable bonds is 3. The lowest BCUT2D eigenvalue weighted by Crippen LogP contribution is -2.41. The van der Waals surface area contributed by atoms with Gasteiger partial charge in [-0.05, 0) is 26.3 Å². The van der Waals surface area contributed by atoms with Crippen LogP contribution < -0.4 is 15.4 Å². The molecule has 0 amide bonds. The van der Waals surface area contributed by atoms with Gasteiger partial charge in [0.2, 0.25) is 5.88 Å². The fourth-order valence-corrected chi connectivity index (χ4v) is 2.00. The molecule has 0 spiro atoms. The topological polar surface area (TPSA) is 59.1 Å². The molecular weight excluding hydrogens is 204 g/mol. The number of nitrogens with one attached hydrogen (secondary N) is 2. The third-order valence-corrected chi connectivity index (χ3v) is 2.83. The van der Waals surface area contributed by atoms with Crippen molar-refractivity contribution >= 4 is 5.82 Å². The molecule has 2 rings (SSSR count). The highest BCUT2D eigenvalue weighted by atomic mass is 16.5. The molecule has 0 radical (unpaired) electrons. The average Bonchev–Trinajstić information content (AvgIpc) is 2.29. The minimum absolute atomic E-state index is 0.482. The van der Waals surface area contributed by atoms with Crippen molar-refractivity contribution in [3.8, 4) is 5.88 Å². The van der Waals surface area contributed by atoms with Gasteiger partial charge in [0.05, 0.1) is 7.11 Å². The van der Waals surface area contributed by atoms with Crippen molar-refractivity contribution in [1.29, 1.82) is 0 Å². The normalized spacial score (nSPS) is 25.1. The van der Waals surface area contributed by atoms with Gasteiger partial charge < -0.3 is 15.4 Å². The summed E-state index contributed by atoms with van der Waals surface area (Å²) in [5.41, 5.74) is 0. The fourth-order valence-electron chi connectivity index (χ4n) is 2.00. The van der Waals surface area contributed by atoms with E-state index in [2.05, 4.69) is 27.5 Å². The third-order valence-electron chi connectivity index (χ3n) is 2.83. The van der Waals surface area contributed by atoms with Gasteiger partial charge >= 0.3 is 0 Å². The number of ether oxygens (including phenoxy) is 1. The molecule has 2 unspecified atom stereocenters. The Balaban J connectivity index is 1.97. The van der Waals surface area contributed by atoms with Gasteiger partial charge in [-0.1, -0.05) is 0 Å². The molecule has 1 aliphatic rings. The Morgan fingerprint density at radius 1 is 1.50 bits per heavy atom. The number of nitrogens with zero attached hydrogens (tertiary/aromatic N) is 2. The van der Waals surface area contributed by atoms with Crippen LogP contribution in [-0.4, -0.2) is 35.7 Å². The van der Waals surface area contributed by atoms with Crippen LogP contribution in [0.2, 0.25) is 0 Å². The first-order valence-electron chi connectivity index (χ1n) is 5.64. The first-order chi connectivity index (χ1) is 7.78. The van der Waals surface area contributed by atoms with Crippen molar-refractivity contribution in [3.63, 3.8) is 0 Å². The minimum atomic E-state index is 0.482. The lowest BCUT2D eigenvalue weighted by molar-refractivity contribution is 0.391. The molecule has 0 aromatic carbocycles. The van der Waals surface area contributed by atoms with E-state index >= 15 is 0 Å². The first-order valence-corrected chi connectivity index (χ1v) is 5.64. The molecule has 2 N–H and O–H groups in total. The van der Waals surface area contributed by atoms with Crippen molar-refractivity contribution in [3.05, 3.63) is 12.4 Å². The van der Waals surface area contributed by atoms with Crippen LogP contribution in [0.5, 0.6) is 5.88 Å². The van der Waals surface area contributed by atoms with Gasteiger partial charge in [0.15, 0.2) is 0 Å². The molecule has 1 fully saturated rings. The number of methoxy groups -OCH3 is 1. The van der Waals surface area contributed by atoms with Crippen LogP contribution in [0.15, 0.2) is 12.4 Å². The standard InChI is InChI=1S/C11H18N4O/c1-8-5-9(3-4-12-8)15-10-6-11(16-2)14-7-13-10/h6-9,12H,3-5H2,1-2H3,(H,13,14,15). The van der Waals surface area contributed by atoms with Crippen LogP contribution in [0.4, 0.5) is 5.82 Å². The lowest BCUT2D eigenvalue weighted by atomic mass is 10.0. The van der Waals surface area contributed by atoms with Crippen LogP contribution in [0.25, 0.3) is 0 Å². The highest BCUT2D eigenvalue weighted by Gasteiger charge is 2.18. The molecule has 2 atom stereocenters. The Labute approximate surface area is 95.6 Å². The van der Waals surface area contributed by atoms with Crippen molar-refractivity contribution in [2.45, 2.75) is 31.8 Å². The summed E-state index contributed by atoms with van der Waals surface area (Å²) in [6, 6.07) is 2.87. The number of anilines is 1. The maximum absolute atomic E-state index is 5.06. The van der Waals surface area contributed by atoms with Crippen LogP contribution in [0.3, 0.4) is 0 Å². The smallest absolute Gasteiger partial charge is 0.218 e. The third kappa shape index (κ3) is 2.82. The van der Waals surface area contributed by atoms with Crippen LogP contribution in [0.1, 0.15) is 19.8 Å². The van der Waals surface area contributed by atoms with E-state index < -0.39 is 0 Å². The summed E-state index contributed by atoms with van der Waals surface area (Å²) in [6.07, 6.45) is 3.76. The molecule has 0 aliphatic carbocycles. The number of aromatic nitrogens is 2. The molecule has 2 heterocycles. The van der Waals surface area contributed by atoms with E-state index in [4.69, 9.17) is 4.74 Å². The molecule has 5 nitrogen and oxygen atoms in total. The Kier molecular flexibility index (Phi) is 3.56. The Bertz CT molecular complexity index is 345. The van der Waals surface area contributed by atoms with Gasteiger partial charge in [0.25, 0.3) is 0 Å². The zero-order valence-electron chi connectivity index (χ0n) is 9.73. The highest BCUT2D eigenvalue weighted by Crippen LogP contribution is 2.16. The summed E-state index contributed by atoms with van der Waals surface area (Å²) in [4.78, 5) is 8.16. The zero-order valence-corrected chi connectivity index (χ0v) is 9.73. The van der Waals surface area contributed by atoms with Gasteiger partial charge in [-0.3, -0.25) is 0 Å². The summed E-state index contributed by atoms with van der Waals surface area (Å²) in [6.45, 7) is 3.26. The SMILES string of the molecule is COc1cc(NC2CCNC(C)C2)ncn1. The van der Waals surface area contributed by atoms with Gasteiger partial charge in [0.1, 0.15) is 12.1 Å². The molecule has 0 bridgehead atoms. The molecule has 1 aliphatic heterocycles. The molecule has 5 heteroatoms. The maximum Gasteiger partial charge on any atom is 0.218 e. The second kappa shape index (κ2) is 5.12. The Morgan fingerprint density at radius 2 is 2.38 bits per heavy atom. The quantitative estimate of drug-likeness (QED) is 0.800. The second-order valence-corrected chi connectivity index (χ2v) is 4.17. The van der Waals surface area contributed by atoms with Crippen molar-refractivity contribution in [2.75, 3.05) is 19.0 Å². The van der Waals surface area contributed by atoms with E-state index in [-0.39, 0.29) is 0 Å². The highest BCUT2D eigenvalue weighted by molar-refractivity contribution is 5.38. The Morgan fingerprint density at radius 3 is 3.12 bits per heavy atom. The fraction of sp³-hybridized carbons (Fsp3) is 0.636. The van der Waals surface area contributed by atoms with E-state index in [1.807, 2.05) is 6.07 Å². The van der Waals surface area contributed by atoms with Gasteiger partial charge in [-0.25, -0.2) is 9.97 Å². The summed E-state index contributed by atoms with van der Waals surface area (Å²) >= 11 is 0. The monoisotopic (exact) mass is 222 g/mol. The van der Waals surface area contributed by atoms with Crippen molar-refractivity contribution in [2.24, 2.45) is 0 Å². The van der Waals surface area contributed by atoms with Gasteiger partial charge in [-0.2, -0.15) is 0 Å². The first kappa shape index (κ1) is 11.1. The largest absolute Gasteiger partial charge is 0.481 e. The molecule has 88 valence electrons. The summed E-state index contributed by atoms with van der Waals surface area (Å²) in [5, 5.41) is 6.84. The minimum Gasteiger partial charge on any atom is -0.481 e. The van der Waals surface area contributed by atoms with E-state index in [0.717, 1.165) is 25.2 Å². The van der Waals surface area contributed by atoms with Crippen LogP contribution in [0, 0.1) is 0 Å². The molecular formula is C11H18N4O. The predicted octanol–water partition coefficient (Wildman–Crippen LogP) is 1.04. The van der Waals surface area contributed by atoms with Crippen molar-refractivity contribution in [1.82, 2.24) is 15.3 Å². The molecule has 16 heavy (non-hydrogen) atoms. The molecule has 1 aromatic rings. The van der Waals surface area contributed by atoms with Crippen LogP contribution in [-0.2, 0) is 0 Å². The van der Waals surface area contributed by atoms with Gasteiger partial charge in [0, 0.05) is 18.2 Å². The molecule has 1 saturated heterocycles. The average molecular weight is 222 g/mol. The second-order valence-electron chi connectivity index (χ2n) is 4.17. The van der Waals surface area contributed by atoms with Crippen LogP contribution >= 0.6 is 0 Å². The number of hydrogen-bond acceptors (Lipinski definition) is 5. The maximum atomic E-state index is 5.06. The predicted molar refractivity (Wildman–Crippen MR) is 62.7 cm³/mol. The van der Waals surface area contributed by atoms with E-state index in [1.54, 1.807) is 7.11 Å². The van der Waals surface area contributed by atoms with Gasteiger partial charge in [-0.15, -0.1) is 0 Å². The summed E-state index contributed by atoms with van der Waals surface area (Å²) < 4.78 is 5.06. The zero-order chi connectivity index (χ0) is 11.4. The molecule has 0 saturated carbocycles. The number of piperidine rings is 1. The lowest BCUT2D eigenvalue weighted by Gasteiger charge is -2.28. The van der Waals surface area contributed by atoms with E-state index in [1.165, 1.54) is 6.33 Å². The van der Waals surface area contributed by atoms with E-state index in [9.17, 15) is 0 Å². The number of hydrogen-bond donors (Lipinski definition) is 2. The van der Waals surface area contributed by atoms with E-state index in [0.29, 0.717) is 18.0 Å². The summed E-state index contributed by atoms with van der Waals surface area (Å²) in [5.74, 6) is 1.44. The Hall–Kier alpha value is -1.36. The molecule has 1 aromatic heterocycles. The van der Waals surface area contributed by atoms with Crippen molar-refractivity contribution < 1.29 is 4.74 Å². The summed E-state index contributed by atoms with van der Waals surface area (Å²) in [7, 11) is 1.61.